The summed E-state index contributed by atoms with van der Waals surface area (Å²) in [6.07, 6.45) is 0.743. The first-order chi connectivity index (χ1) is 11.4. The number of halogens is 1. The smallest absolute Gasteiger partial charge is 0.341 e. The van der Waals surface area contributed by atoms with E-state index >= 15 is 0 Å². The Balaban J connectivity index is 2.32. The van der Waals surface area contributed by atoms with Crippen LogP contribution in [-0.2, 0) is 11.2 Å². The number of carbonyl (C=O) groups excluding carboxylic acids is 2. The molecule has 0 saturated carbocycles. The second kappa shape index (κ2) is 8.31. The lowest BCUT2D eigenvalue weighted by Gasteiger charge is -2.10. The number of hydrogen-bond donors (Lipinski definition) is 1. The first-order valence-electron chi connectivity index (χ1n) is 7.77. The van der Waals surface area contributed by atoms with Gasteiger partial charge >= 0.3 is 5.97 Å². The van der Waals surface area contributed by atoms with Gasteiger partial charge in [0.25, 0.3) is 5.91 Å². The Kier molecular flexibility index (Phi) is 6.40. The maximum absolute atomic E-state index is 12.5. The van der Waals surface area contributed by atoms with Gasteiger partial charge in [-0.25, -0.2) is 4.79 Å². The minimum atomic E-state index is -0.413. The lowest BCUT2D eigenvalue weighted by Crippen LogP contribution is -2.16. The Morgan fingerprint density at radius 3 is 2.62 bits per heavy atom. The summed E-state index contributed by atoms with van der Waals surface area (Å²) < 4.78 is 5.15. The van der Waals surface area contributed by atoms with E-state index in [0.29, 0.717) is 27.1 Å². The normalized spacial score (nSPS) is 10.7. The van der Waals surface area contributed by atoms with Gasteiger partial charge in [0.2, 0.25) is 0 Å². The van der Waals surface area contributed by atoms with Crippen LogP contribution in [0.4, 0.5) is 5.00 Å². The Morgan fingerprint density at radius 2 is 2.00 bits per heavy atom. The van der Waals surface area contributed by atoms with Crippen molar-refractivity contribution >= 4 is 39.8 Å². The number of nitrogens with one attached hydrogen (secondary N) is 1. The van der Waals surface area contributed by atoms with E-state index in [9.17, 15) is 9.59 Å². The van der Waals surface area contributed by atoms with Crippen LogP contribution in [0.25, 0.3) is 0 Å². The number of carbonyl (C=O) groups is 2. The van der Waals surface area contributed by atoms with Crippen LogP contribution < -0.4 is 5.32 Å². The fraction of sp³-hybridized carbons (Fsp3) is 0.333. The average Bonchev–Trinajstić information content (AvgIpc) is 2.89. The molecule has 2 rings (SSSR count). The summed E-state index contributed by atoms with van der Waals surface area (Å²) in [5, 5.41) is 5.55. The van der Waals surface area contributed by atoms with E-state index in [1.54, 1.807) is 31.2 Å². The van der Waals surface area contributed by atoms with Gasteiger partial charge in [0, 0.05) is 0 Å². The minimum Gasteiger partial charge on any atom is -0.462 e. The summed E-state index contributed by atoms with van der Waals surface area (Å²) >= 11 is 7.39. The van der Waals surface area contributed by atoms with E-state index in [0.717, 1.165) is 12.0 Å². The summed E-state index contributed by atoms with van der Waals surface area (Å²) in [6.45, 7) is 6.20. The summed E-state index contributed by atoms with van der Waals surface area (Å²) in [4.78, 5) is 24.8. The van der Waals surface area contributed by atoms with Crippen LogP contribution in [0.1, 0.15) is 47.1 Å². The van der Waals surface area contributed by atoms with Crippen molar-refractivity contribution in [1.82, 2.24) is 0 Å². The number of esters is 1. The fourth-order valence-corrected chi connectivity index (χ4v) is 3.50. The fourth-order valence-electron chi connectivity index (χ4n) is 2.32. The van der Waals surface area contributed by atoms with E-state index in [-0.39, 0.29) is 12.5 Å². The van der Waals surface area contributed by atoms with Crippen LogP contribution in [0, 0.1) is 5.92 Å². The van der Waals surface area contributed by atoms with Crippen molar-refractivity contribution in [2.75, 3.05) is 11.9 Å². The van der Waals surface area contributed by atoms with Crippen LogP contribution >= 0.6 is 22.9 Å². The third-order valence-electron chi connectivity index (χ3n) is 3.32. The lowest BCUT2D eigenvalue weighted by atomic mass is 10.0. The van der Waals surface area contributed by atoms with Crippen molar-refractivity contribution in [1.29, 1.82) is 0 Å². The molecule has 0 aliphatic carbocycles. The molecule has 2 aromatic rings. The highest BCUT2D eigenvalue weighted by molar-refractivity contribution is 7.15. The zero-order valence-electron chi connectivity index (χ0n) is 13.9. The molecule has 1 amide bonds. The standard InChI is InChI=1S/C18H20ClNO3S/c1-4-23-18(22)15-12(9-11(2)3)10-24-17(15)20-16(21)13-7-5-6-8-14(13)19/h5-8,10-11H,4,9H2,1-3H3,(H,20,21). The molecule has 0 aliphatic rings. The Hall–Kier alpha value is -1.85. The van der Waals surface area contributed by atoms with E-state index in [1.165, 1.54) is 11.3 Å². The van der Waals surface area contributed by atoms with Crippen LogP contribution in [0.15, 0.2) is 29.6 Å². The van der Waals surface area contributed by atoms with E-state index < -0.39 is 5.97 Å². The number of benzene rings is 1. The van der Waals surface area contributed by atoms with Crippen molar-refractivity contribution in [3.05, 3.63) is 51.4 Å². The molecule has 6 heteroatoms. The minimum absolute atomic E-state index is 0.285. The molecular formula is C18H20ClNO3S. The Bertz CT molecular complexity index is 740. The van der Waals surface area contributed by atoms with Gasteiger partial charge in [0.1, 0.15) is 5.00 Å². The number of anilines is 1. The highest BCUT2D eigenvalue weighted by Crippen LogP contribution is 2.31. The third-order valence-corrected chi connectivity index (χ3v) is 4.59. The molecule has 128 valence electrons. The molecule has 0 atom stereocenters. The SMILES string of the molecule is CCOC(=O)c1c(CC(C)C)csc1NC(=O)c1ccccc1Cl. The van der Waals surface area contributed by atoms with Crippen molar-refractivity contribution in [2.45, 2.75) is 27.2 Å². The second-order valence-electron chi connectivity index (χ2n) is 5.72. The maximum Gasteiger partial charge on any atom is 0.341 e. The van der Waals surface area contributed by atoms with E-state index in [4.69, 9.17) is 16.3 Å². The topological polar surface area (TPSA) is 55.4 Å². The average molecular weight is 366 g/mol. The largest absolute Gasteiger partial charge is 0.462 e. The van der Waals surface area contributed by atoms with Crippen LogP contribution in [0.3, 0.4) is 0 Å². The van der Waals surface area contributed by atoms with Gasteiger partial charge in [0.05, 0.1) is 22.8 Å². The molecule has 1 heterocycles. The molecule has 4 nitrogen and oxygen atoms in total. The van der Waals surface area contributed by atoms with Gasteiger partial charge in [-0.3, -0.25) is 4.79 Å². The molecule has 0 spiro atoms. The van der Waals surface area contributed by atoms with Crippen molar-refractivity contribution in [3.8, 4) is 0 Å². The van der Waals surface area contributed by atoms with E-state index in [2.05, 4.69) is 19.2 Å². The number of amides is 1. The van der Waals surface area contributed by atoms with Crippen molar-refractivity contribution in [2.24, 2.45) is 5.92 Å². The first-order valence-corrected chi connectivity index (χ1v) is 9.03. The highest BCUT2D eigenvalue weighted by Gasteiger charge is 2.23. The summed E-state index contributed by atoms with van der Waals surface area (Å²) in [5.74, 6) is -0.368. The Morgan fingerprint density at radius 1 is 1.29 bits per heavy atom. The molecular weight excluding hydrogens is 346 g/mol. The number of rotatable bonds is 6. The lowest BCUT2D eigenvalue weighted by molar-refractivity contribution is 0.0527. The number of thiophene rings is 1. The van der Waals surface area contributed by atoms with Gasteiger partial charge in [-0.05, 0) is 42.3 Å². The predicted molar refractivity (Wildman–Crippen MR) is 98.2 cm³/mol. The second-order valence-corrected chi connectivity index (χ2v) is 7.00. The van der Waals surface area contributed by atoms with Gasteiger partial charge in [-0.15, -0.1) is 11.3 Å². The molecule has 0 unspecified atom stereocenters. The number of ether oxygens (including phenoxy) is 1. The predicted octanol–water partition coefficient (Wildman–Crippen LogP) is 5.03. The monoisotopic (exact) mass is 365 g/mol. The molecule has 24 heavy (non-hydrogen) atoms. The van der Waals surface area contributed by atoms with Gasteiger partial charge in [0.15, 0.2) is 0 Å². The van der Waals surface area contributed by atoms with E-state index in [1.807, 2.05) is 5.38 Å². The van der Waals surface area contributed by atoms with Crippen LogP contribution in [-0.4, -0.2) is 18.5 Å². The van der Waals surface area contributed by atoms with Gasteiger partial charge in [-0.2, -0.15) is 0 Å². The van der Waals surface area contributed by atoms with Crippen LogP contribution in [0.2, 0.25) is 5.02 Å². The molecule has 0 bridgehead atoms. The number of hydrogen-bond acceptors (Lipinski definition) is 4. The molecule has 0 saturated heterocycles. The highest BCUT2D eigenvalue weighted by atomic mass is 35.5. The summed E-state index contributed by atoms with van der Waals surface area (Å²) in [6, 6.07) is 6.80. The quantitative estimate of drug-likeness (QED) is 0.730. The third kappa shape index (κ3) is 4.36. The molecule has 1 N–H and O–H groups in total. The first kappa shape index (κ1) is 18.5. The van der Waals surface area contributed by atoms with Crippen LogP contribution in [0.5, 0.6) is 0 Å². The zero-order valence-corrected chi connectivity index (χ0v) is 15.5. The van der Waals surface area contributed by atoms with Gasteiger partial charge < -0.3 is 10.1 Å². The zero-order chi connectivity index (χ0) is 17.7. The molecule has 1 aromatic heterocycles. The van der Waals surface area contributed by atoms with Gasteiger partial charge in [-0.1, -0.05) is 37.6 Å². The van der Waals surface area contributed by atoms with Crippen molar-refractivity contribution < 1.29 is 14.3 Å². The summed E-state index contributed by atoms with van der Waals surface area (Å²) in [5.41, 5.74) is 1.70. The molecule has 0 fully saturated rings. The maximum atomic E-state index is 12.5. The molecule has 1 aromatic carbocycles. The summed E-state index contributed by atoms with van der Waals surface area (Å²) in [7, 11) is 0. The Labute approximate surface area is 150 Å². The molecule has 0 aliphatic heterocycles. The van der Waals surface area contributed by atoms with Crippen molar-refractivity contribution in [3.63, 3.8) is 0 Å². The molecule has 0 radical (unpaired) electrons.